The molecule has 0 aromatic heterocycles. The average molecular weight is 360 g/mol. The number of carbonyl (C=O) groups is 1. The summed E-state index contributed by atoms with van der Waals surface area (Å²) in [6, 6.07) is 17.4. The molecule has 0 aliphatic carbocycles. The molecule has 0 N–H and O–H groups in total. The summed E-state index contributed by atoms with van der Waals surface area (Å²) >= 11 is 0. The third kappa shape index (κ3) is 2.15. The van der Waals surface area contributed by atoms with Crippen LogP contribution in [0.5, 0.6) is 11.5 Å². The molecule has 3 aliphatic heterocycles. The second kappa shape index (κ2) is 5.78. The summed E-state index contributed by atoms with van der Waals surface area (Å²) in [4.78, 5) is 14.4. The molecular formula is C21H16N2O4. The molecule has 0 amide bonds. The summed E-state index contributed by atoms with van der Waals surface area (Å²) < 4.78 is 16.6. The van der Waals surface area contributed by atoms with Gasteiger partial charge in [0.25, 0.3) is 0 Å². The normalized spacial score (nSPS) is 25.1. The maximum absolute atomic E-state index is 12.4. The van der Waals surface area contributed by atoms with Crippen LogP contribution in [0.25, 0.3) is 0 Å². The van der Waals surface area contributed by atoms with Gasteiger partial charge in [0.2, 0.25) is 5.88 Å². The molecule has 0 spiro atoms. The second-order valence-electron chi connectivity index (χ2n) is 6.76. The molecule has 134 valence electrons. The van der Waals surface area contributed by atoms with Crippen LogP contribution in [0.15, 0.2) is 60.0 Å². The van der Waals surface area contributed by atoms with Gasteiger partial charge in [0, 0.05) is 5.92 Å². The number of para-hydroxylation sites is 2. The second-order valence-corrected chi connectivity index (χ2v) is 6.76. The SMILES string of the molecule is COc1ccc([C@H]2[C@H]3COC(=O)[C@H]3C(C#N)=C3Oc4ccccc4N32)cc1. The molecule has 5 rings (SSSR count). The number of hydrogen-bond acceptors (Lipinski definition) is 6. The topological polar surface area (TPSA) is 71.8 Å². The molecule has 1 fully saturated rings. The first-order valence-corrected chi connectivity index (χ1v) is 8.74. The first kappa shape index (κ1) is 15.8. The van der Waals surface area contributed by atoms with E-state index in [1.807, 2.05) is 53.4 Å². The summed E-state index contributed by atoms with van der Waals surface area (Å²) in [5, 5.41) is 9.77. The smallest absolute Gasteiger partial charge is 0.314 e. The number of nitriles is 1. The van der Waals surface area contributed by atoms with Gasteiger partial charge in [-0.25, -0.2) is 0 Å². The Balaban J connectivity index is 1.72. The van der Waals surface area contributed by atoms with Crippen molar-refractivity contribution in [1.82, 2.24) is 0 Å². The Morgan fingerprint density at radius 2 is 1.96 bits per heavy atom. The number of benzene rings is 2. The summed E-state index contributed by atoms with van der Waals surface area (Å²) in [7, 11) is 1.62. The zero-order valence-electron chi connectivity index (χ0n) is 14.6. The fourth-order valence-electron chi connectivity index (χ4n) is 4.25. The molecule has 2 aromatic rings. The number of cyclic esters (lactones) is 1. The van der Waals surface area contributed by atoms with Crippen LogP contribution in [-0.2, 0) is 9.53 Å². The highest BCUT2D eigenvalue weighted by Crippen LogP contribution is 2.54. The van der Waals surface area contributed by atoms with Gasteiger partial charge in [0.15, 0.2) is 5.75 Å². The lowest BCUT2D eigenvalue weighted by atomic mass is 9.77. The van der Waals surface area contributed by atoms with E-state index in [4.69, 9.17) is 14.2 Å². The van der Waals surface area contributed by atoms with E-state index in [0.717, 1.165) is 17.0 Å². The largest absolute Gasteiger partial charge is 0.497 e. The maximum Gasteiger partial charge on any atom is 0.314 e. The third-order valence-corrected chi connectivity index (χ3v) is 5.45. The first-order valence-electron chi connectivity index (χ1n) is 8.74. The number of ether oxygens (including phenoxy) is 3. The van der Waals surface area contributed by atoms with Crippen molar-refractivity contribution in [2.75, 3.05) is 18.6 Å². The van der Waals surface area contributed by atoms with E-state index < -0.39 is 5.92 Å². The van der Waals surface area contributed by atoms with Crippen LogP contribution >= 0.6 is 0 Å². The van der Waals surface area contributed by atoms with Gasteiger partial charge in [0.05, 0.1) is 25.4 Å². The highest BCUT2D eigenvalue weighted by atomic mass is 16.5. The summed E-state index contributed by atoms with van der Waals surface area (Å²) in [5.74, 6) is 0.742. The van der Waals surface area contributed by atoms with Crippen LogP contribution in [0.1, 0.15) is 11.6 Å². The van der Waals surface area contributed by atoms with Gasteiger partial charge in [-0.2, -0.15) is 5.26 Å². The third-order valence-electron chi connectivity index (χ3n) is 5.45. The maximum atomic E-state index is 12.4. The molecule has 2 aromatic carbocycles. The number of carbonyl (C=O) groups excluding carboxylic acids is 1. The molecule has 0 unspecified atom stereocenters. The predicted octanol–water partition coefficient (Wildman–Crippen LogP) is 3.17. The number of hydrogen-bond donors (Lipinski definition) is 0. The van der Waals surface area contributed by atoms with Crippen molar-refractivity contribution in [3.63, 3.8) is 0 Å². The Labute approximate surface area is 156 Å². The molecule has 3 aliphatic rings. The Hall–Kier alpha value is -3.46. The lowest BCUT2D eigenvalue weighted by Gasteiger charge is -2.39. The minimum atomic E-state index is -0.609. The minimum Gasteiger partial charge on any atom is -0.497 e. The molecule has 1 saturated heterocycles. The van der Waals surface area contributed by atoms with E-state index >= 15 is 0 Å². The van der Waals surface area contributed by atoms with Crippen LogP contribution in [0.4, 0.5) is 5.69 Å². The van der Waals surface area contributed by atoms with Gasteiger partial charge in [-0.05, 0) is 29.8 Å². The Morgan fingerprint density at radius 1 is 1.19 bits per heavy atom. The van der Waals surface area contributed by atoms with E-state index in [0.29, 0.717) is 17.2 Å². The molecule has 3 heterocycles. The van der Waals surface area contributed by atoms with Crippen molar-refractivity contribution in [2.24, 2.45) is 11.8 Å². The van der Waals surface area contributed by atoms with Gasteiger partial charge >= 0.3 is 5.97 Å². The van der Waals surface area contributed by atoms with E-state index in [9.17, 15) is 10.1 Å². The van der Waals surface area contributed by atoms with Crippen molar-refractivity contribution in [3.05, 3.63) is 65.6 Å². The Bertz CT molecular complexity index is 1010. The van der Waals surface area contributed by atoms with Crippen molar-refractivity contribution in [1.29, 1.82) is 5.26 Å². The molecule has 0 bridgehead atoms. The van der Waals surface area contributed by atoms with Crippen molar-refractivity contribution in [2.45, 2.75) is 6.04 Å². The van der Waals surface area contributed by atoms with Crippen LogP contribution in [0.2, 0.25) is 0 Å². The Morgan fingerprint density at radius 3 is 2.70 bits per heavy atom. The summed E-state index contributed by atoms with van der Waals surface area (Å²) in [5.41, 5.74) is 2.24. The number of methoxy groups -OCH3 is 1. The van der Waals surface area contributed by atoms with Crippen molar-refractivity contribution < 1.29 is 19.0 Å². The molecule has 0 saturated carbocycles. The fraction of sp³-hybridized carbons (Fsp3) is 0.238. The number of anilines is 1. The highest BCUT2D eigenvalue weighted by Gasteiger charge is 2.54. The number of esters is 1. The van der Waals surface area contributed by atoms with Crippen LogP contribution in [0, 0.1) is 23.2 Å². The predicted molar refractivity (Wildman–Crippen MR) is 95.9 cm³/mol. The number of nitrogens with zero attached hydrogens (tertiary/aromatic N) is 2. The molecule has 6 heteroatoms. The van der Waals surface area contributed by atoms with Gasteiger partial charge in [-0.15, -0.1) is 0 Å². The number of rotatable bonds is 2. The highest BCUT2D eigenvalue weighted by molar-refractivity contribution is 5.83. The standard InChI is InChI=1S/C21H16N2O4/c1-25-13-8-6-12(7-9-13)19-15-11-26-21(24)18(15)14(10-22)20-23(19)16-4-2-3-5-17(16)27-20/h2-9,15,18-19H,11H2,1H3/t15-,18-,19-/m0/s1. The summed E-state index contributed by atoms with van der Waals surface area (Å²) in [6.07, 6.45) is 0. The molecule has 6 nitrogen and oxygen atoms in total. The van der Waals surface area contributed by atoms with Gasteiger partial charge in [0.1, 0.15) is 23.3 Å². The first-order chi connectivity index (χ1) is 13.2. The molecule has 27 heavy (non-hydrogen) atoms. The van der Waals surface area contributed by atoms with E-state index in [1.165, 1.54) is 0 Å². The van der Waals surface area contributed by atoms with E-state index in [1.54, 1.807) is 7.11 Å². The van der Waals surface area contributed by atoms with Crippen molar-refractivity contribution in [3.8, 4) is 17.6 Å². The van der Waals surface area contributed by atoms with Gasteiger partial charge < -0.3 is 19.1 Å². The van der Waals surface area contributed by atoms with Crippen LogP contribution in [-0.4, -0.2) is 19.7 Å². The lowest BCUT2D eigenvalue weighted by molar-refractivity contribution is -0.140. The van der Waals surface area contributed by atoms with Crippen LogP contribution in [0.3, 0.4) is 0 Å². The molecule has 3 atom stereocenters. The van der Waals surface area contributed by atoms with Gasteiger partial charge in [-0.3, -0.25) is 4.79 Å². The minimum absolute atomic E-state index is 0.168. The molecular weight excluding hydrogens is 344 g/mol. The van der Waals surface area contributed by atoms with Crippen LogP contribution < -0.4 is 14.4 Å². The zero-order chi connectivity index (χ0) is 18.5. The monoisotopic (exact) mass is 360 g/mol. The average Bonchev–Trinajstić information content (AvgIpc) is 3.28. The fourth-order valence-corrected chi connectivity index (χ4v) is 4.25. The van der Waals surface area contributed by atoms with Crippen molar-refractivity contribution >= 4 is 11.7 Å². The van der Waals surface area contributed by atoms with E-state index in [-0.39, 0.29) is 24.5 Å². The number of fused-ring (bicyclic) bond motifs is 4. The Kier molecular flexibility index (Phi) is 3.37. The van der Waals surface area contributed by atoms with Gasteiger partial charge in [-0.1, -0.05) is 24.3 Å². The molecule has 0 radical (unpaired) electrons. The summed E-state index contributed by atoms with van der Waals surface area (Å²) in [6.45, 7) is 0.275. The lowest BCUT2D eigenvalue weighted by Crippen LogP contribution is -2.42. The zero-order valence-corrected chi connectivity index (χ0v) is 14.6. The van der Waals surface area contributed by atoms with E-state index in [2.05, 4.69) is 6.07 Å². The quantitative estimate of drug-likeness (QED) is 0.766.